The molecule has 1 aliphatic rings. The Morgan fingerprint density at radius 1 is 1.21 bits per heavy atom. The van der Waals surface area contributed by atoms with Gasteiger partial charge in [0.1, 0.15) is 5.71 Å². The fourth-order valence-corrected chi connectivity index (χ4v) is 2.37. The summed E-state index contributed by atoms with van der Waals surface area (Å²) in [6, 6.07) is 5.27. The number of hydrogen-bond acceptors (Lipinski definition) is 4. The van der Waals surface area contributed by atoms with Gasteiger partial charge in [-0.15, -0.1) is 0 Å². The minimum atomic E-state index is 0.471. The van der Waals surface area contributed by atoms with Gasteiger partial charge in [-0.05, 0) is 19.2 Å². The van der Waals surface area contributed by atoms with Gasteiger partial charge in [-0.3, -0.25) is 4.90 Å². The molecule has 0 saturated carbocycles. The Labute approximate surface area is 123 Å². The number of nitrogens with zero attached hydrogens (tertiary/aromatic N) is 3. The molecule has 1 aliphatic heterocycles. The zero-order valence-electron chi connectivity index (χ0n) is 10.8. The first-order valence-electron chi connectivity index (χ1n) is 6.17. The van der Waals surface area contributed by atoms with Crippen LogP contribution in [0, 0.1) is 0 Å². The third kappa shape index (κ3) is 3.83. The van der Waals surface area contributed by atoms with Crippen molar-refractivity contribution in [3.05, 3.63) is 33.8 Å². The largest absolute Gasteiger partial charge is 0.411 e. The van der Waals surface area contributed by atoms with Crippen LogP contribution in [0.3, 0.4) is 0 Å². The molecule has 1 N–H and O–H groups in total. The monoisotopic (exact) mass is 301 g/mol. The standard InChI is InChI=1S/C13H17Cl2N3O/c1-17-4-6-18(7-5-17)9-13(16-19)10-2-3-11(14)12(15)8-10/h2-3,8,19H,4-7,9H2,1H3. The zero-order valence-corrected chi connectivity index (χ0v) is 12.3. The van der Waals surface area contributed by atoms with Crippen LogP contribution < -0.4 is 0 Å². The summed E-state index contributed by atoms with van der Waals surface area (Å²) in [5, 5.41) is 13.6. The number of rotatable bonds is 3. The summed E-state index contributed by atoms with van der Waals surface area (Å²) in [5.74, 6) is 0. The fraction of sp³-hybridized carbons (Fsp3) is 0.462. The van der Waals surface area contributed by atoms with Crippen molar-refractivity contribution in [3.8, 4) is 0 Å². The second kappa shape index (κ2) is 6.57. The van der Waals surface area contributed by atoms with Crippen molar-refractivity contribution in [1.29, 1.82) is 0 Å². The van der Waals surface area contributed by atoms with Crippen molar-refractivity contribution in [2.75, 3.05) is 39.8 Å². The lowest BCUT2D eigenvalue weighted by Crippen LogP contribution is -2.46. The predicted molar refractivity (Wildman–Crippen MR) is 78.7 cm³/mol. The molecule has 1 heterocycles. The molecule has 1 aromatic carbocycles. The van der Waals surface area contributed by atoms with Crippen LogP contribution in [0.15, 0.2) is 23.4 Å². The molecule has 0 radical (unpaired) electrons. The highest BCUT2D eigenvalue weighted by molar-refractivity contribution is 6.42. The van der Waals surface area contributed by atoms with E-state index in [2.05, 4.69) is 22.0 Å². The molecule has 0 atom stereocenters. The van der Waals surface area contributed by atoms with Crippen LogP contribution >= 0.6 is 23.2 Å². The van der Waals surface area contributed by atoms with Crippen LogP contribution in [0.1, 0.15) is 5.56 Å². The molecule has 1 saturated heterocycles. The van der Waals surface area contributed by atoms with Crippen LogP contribution in [0.2, 0.25) is 10.0 Å². The molecular formula is C13H17Cl2N3O. The average molecular weight is 302 g/mol. The van der Waals surface area contributed by atoms with E-state index in [0.29, 0.717) is 22.3 Å². The molecule has 104 valence electrons. The van der Waals surface area contributed by atoms with Gasteiger partial charge in [-0.1, -0.05) is 34.4 Å². The Morgan fingerprint density at radius 3 is 2.47 bits per heavy atom. The smallest absolute Gasteiger partial charge is 0.101 e. The van der Waals surface area contributed by atoms with E-state index < -0.39 is 0 Å². The van der Waals surface area contributed by atoms with Gasteiger partial charge >= 0.3 is 0 Å². The van der Waals surface area contributed by atoms with E-state index in [4.69, 9.17) is 23.2 Å². The number of halogens is 2. The third-order valence-electron chi connectivity index (χ3n) is 3.34. The molecule has 2 rings (SSSR count). The Balaban J connectivity index is 2.06. The zero-order chi connectivity index (χ0) is 13.8. The van der Waals surface area contributed by atoms with Crippen molar-refractivity contribution in [2.45, 2.75) is 0 Å². The molecule has 0 unspecified atom stereocenters. The Kier molecular flexibility index (Phi) is 5.05. The highest BCUT2D eigenvalue weighted by Gasteiger charge is 2.17. The molecule has 6 heteroatoms. The fourth-order valence-electron chi connectivity index (χ4n) is 2.07. The van der Waals surface area contributed by atoms with Crippen molar-refractivity contribution in [2.24, 2.45) is 5.16 Å². The second-order valence-corrected chi connectivity index (χ2v) is 5.57. The maximum absolute atomic E-state index is 9.20. The number of likely N-dealkylation sites (N-methyl/N-ethyl adjacent to an activating group) is 1. The molecule has 0 aromatic heterocycles. The minimum absolute atomic E-state index is 0.471. The van der Waals surface area contributed by atoms with Crippen molar-refractivity contribution >= 4 is 28.9 Å². The molecule has 4 nitrogen and oxygen atoms in total. The maximum Gasteiger partial charge on any atom is 0.101 e. The molecule has 0 amide bonds. The quantitative estimate of drug-likeness (QED) is 0.529. The van der Waals surface area contributed by atoms with Crippen LogP contribution in [0.5, 0.6) is 0 Å². The van der Waals surface area contributed by atoms with Crippen LogP contribution in [0.4, 0.5) is 0 Å². The minimum Gasteiger partial charge on any atom is -0.411 e. The summed E-state index contributed by atoms with van der Waals surface area (Å²) in [5.41, 5.74) is 1.42. The second-order valence-electron chi connectivity index (χ2n) is 4.76. The summed E-state index contributed by atoms with van der Waals surface area (Å²) in [7, 11) is 2.11. The van der Waals surface area contributed by atoms with Crippen LogP contribution in [0.25, 0.3) is 0 Å². The van der Waals surface area contributed by atoms with Gasteiger partial charge < -0.3 is 10.1 Å². The molecule has 0 bridgehead atoms. The highest BCUT2D eigenvalue weighted by Crippen LogP contribution is 2.23. The van der Waals surface area contributed by atoms with Crippen molar-refractivity contribution < 1.29 is 5.21 Å². The summed E-state index contributed by atoms with van der Waals surface area (Å²) >= 11 is 11.9. The van der Waals surface area contributed by atoms with E-state index in [-0.39, 0.29) is 0 Å². The lowest BCUT2D eigenvalue weighted by atomic mass is 10.1. The number of piperazine rings is 1. The Morgan fingerprint density at radius 2 is 1.89 bits per heavy atom. The molecule has 0 aliphatic carbocycles. The molecule has 19 heavy (non-hydrogen) atoms. The van der Waals surface area contributed by atoms with Gasteiger partial charge in [0.15, 0.2) is 0 Å². The van der Waals surface area contributed by atoms with E-state index in [9.17, 15) is 5.21 Å². The molecule has 1 fully saturated rings. The summed E-state index contributed by atoms with van der Waals surface area (Å²) in [6.07, 6.45) is 0. The molecular weight excluding hydrogens is 285 g/mol. The molecule has 1 aromatic rings. The van der Waals surface area contributed by atoms with Gasteiger partial charge in [-0.2, -0.15) is 0 Å². The predicted octanol–water partition coefficient (Wildman–Crippen LogP) is 2.42. The van der Waals surface area contributed by atoms with Gasteiger partial charge in [0.05, 0.1) is 10.0 Å². The summed E-state index contributed by atoms with van der Waals surface area (Å²) in [6.45, 7) is 4.61. The van der Waals surface area contributed by atoms with Gasteiger partial charge in [-0.25, -0.2) is 0 Å². The van der Waals surface area contributed by atoms with E-state index in [1.54, 1.807) is 12.1 Å². The SMILES string of the molecule is CN1CCN(CC(=NO)c2ccc(Cl)c(Cl)c2)CC1. The van der Waals surface area contributed by atoms with E-state index in [1.807, 2.05) is 6.07 Å². The average Bonchev–Trinajstić information content (AvgIpc) is 2.41. The van der Waals surface area contributed by atoms with Gasteiger partial charge in [0, 0.05) is 38.3 Å². The summed E-state index contributed by atoms with van der Waals surface area (Å²) < 4.78 is 0. The number of benzene rings is 1. The maximum atomic E-state index is 9.20. The lowest BCUT2D eigenvalue weighted by molar-refractivity contribution is 0.169. The van der Waals surface area contributed by atoms with Crippen molar-refractivity contribution in [3.63, 3.8) is 0 Å². The van der Waals surface area contributed by atoms with Gasteiger partial charge in [0.2, 0.25) is 0 Å². The van der Waals surface area contributed by atoms with E-state index in [1.165, 1.54) is 0 Å². The number of oxime groups is 1. The lowest BCUT2D eigenvalue weighted by Gasteiger charge is -2.32. The summed E-state index contributed by atoms with van der Waals surface area (Å²) in [4.78, 5) is 4.54. The van der Waals surface area contributed by atoms with Gasteiger partial charge in [0.25, 0.3) is 0 Å². The Bertz CT molecular complexity index is 471. The van der Waals surface area contributed by atoms with E-state index >= 15 is 0 Å². The number of hydrogen-bond donors (Lipinski definition) is 1. The normalized spacial score (nSPS) is 18.8. The van der Waals surface area contributed by atoms with Crippen molar-refractivity contribution in [1.82, 2.24) is 9.80 Å². The molecule has 0 spiro atoms. The highest BCUT2D eigenvalue weighted by atomic mass is 35.5. The first-order chi connectivity index (χ1) is 9.10. The van der Waals surface area contributed by atoms with Crippen LogP contribution in [-0.2, 0) is 0 Å². The Hall–Kier alpha value is -0.810. The van der Waals surface area contributed by atoms with Crippen LogP contribution in [-0.4, -0.2) is 60.5 Å². The topological polar surface area (TPSA) is 39.1 Å². The third-order valence-corrected chi connectivity index (χ3v) is 4.08. The first kappa shape index (κ1) is 14.6. The van der Waals surface area contributed by atoms with E-state index in [0.717, 1.165) is 31.7 Å². The first-order valence-corrected chi connectivity index (χ1v) is 6.93.